The Morgan fingerprint density at radius 2 is 2.23 bits per heavy atom. The summed E-state index contributed by atoms with van der Waals surface area (Å²) in [6, 6.07) is 7.48. The Bertz CT molecular complexity index is 340. The van der Waals surface area contributed by atoms with Gasteiger partial charge in [0.05, 0.1) is 5.69 Å². The summed E-state index contributed by atoms with van der Waals surface area (Å²) in [7, 11) is 0. The van der Waals surface area contributed by atoms with Crippen LogP contribution in [0.25, 0.3) is 0 Å². The maximum Gasteiger partial charge on any atom is 0.331 e. The molecule has 5 nitrogen and oxygen atoms in total. The van der Waals surface area contributed by atoms with Gasteiger partial charge in [-0.05, 0) is 12.1 Å². The molecule has 1 heterocycles. The monoisotopic (exact) mass is 179 g/mol. The molecule has 1 aromatic rings. The van der Waals surface area contributed by atoms with Gasteiger partial charge in [-0.15, -0.1) is 10.7 Å². The second-order valence-electron chi connectivity index (χ2n) is 2.63. The Labute approximate surface area is 75.2 Å². The maximum absolute atomic E-state index is 10.7. The van der Waals surface area contributed by atoms with E-state index in [4.69, 9.17) is 4.84 Å². The van der Waals surface area contributed by atoms with Crippen LogP contribution in [0.3, 0.4) is 0 Å². The predicted octanol–water partition coefficient (Wildman–Crippen LogP) is 0.816. The van der Waals surface area contributed by atoms with E-state index < -0.39 is 0 Å². The normalized spacial score (nSPS) is 13.5. The van der Waals surface area contributed by atoms with E-state index in [-0.39, 0.29) is 5.97 Å². The number of hydrazine groups is 2. The van der Waals surface area contributed by atoms with Gasteiger partial charge in [0.1, 0.15) is 5.69 Å². The molecule has 1 aliphatic rings. The molecule has 0 aliphatic carbocycles. The molecule has 0 saturated carbocycles. The fourth-order valence-electron chi connectivity index (χ4n) is 1.13. The van der Waals surface area contributed by atoms with E-state index >= 15 is 0 Å². The zero-order valence-corrected chi connectivity index (χ0v) is 7.07. The molecule has 0 aromatic heterocycles. The van der Waals surface area contributed by atoms with Gasteiger partial charge in [0, 0.05) is 6.92 Å². The third kappa shape index (κ3) is 1.41. The lowest BCUT2D eigenvalue weighted by Crippen LogP contribution is -2.37. The molecule has 0 atom stereocenters. The predicted molar refractivity (Wildman–Crippen MR) is 47.4 cm³/mol. The Morgan fingerprint density at radius 3 is 3.00 bits per heavy atom. The van der Waals surface area contributed by atoms with Crippen molar-refractivity contribution in [3.8, 4) is 0 Å². The SMILES string of the molecule is CC(=O)ON1NNc2ccccc21. The highest BCUT2D eigenvalue weighted by Crippen LogP contribution is 2.27. The number of carbonyl (C=O) groups excluding carboxylic acids is 1. The van der Waals surface area contributed by atoms with Crippen LogP contribution in [-0.2, 0) is 9.63 Å². The van der Waals surface area contributed by atoms with Gasteiger partial charge in [0.2, 0.25) is 0 Å². The van der Waals surface area contributed by atoms with E-state index in [2.05, 4.69) is 11.0 Å². The highest BCUT2D eigenvalue weighted by molar-refractivity contribution is 5.74. The summed E-state index contributed by atoms with van der Waals surface area (Å²) in [4.78, 5) is 15.5. The van der Waals surface area contributed by atoms with E-state index in [1.54, 1.807) is 0 Å². The maximum atomic E-state index is 10.7. The van der Waals surface area contributed by atoms with E-state index in [0.29, 0.717) is 0 Å². The molecule has 0 unspecified atom stereocenters. The number of nitrogens with zero attached hydrogens (tertiary/aromatic N) is 1. The lowest BCUT2D eigenvalue weighted by molar-refractivity contribution is -0.143. The van der Waals surface area contributed by atoms with Crippen molar-refractivity contribution in [1.29, 1.82) is 0 Å². The van der Waals surface area contributed by atoms with Gasteiger partial charge >= 0.3 is 5.97 Å². The van der Waals surface area contributed by atoms with Gasteiger partial charge < -0.3 is 4.84 Å². The number of para-hydroxylation sites is 2. The molecule has 13 heavy (non-hydrogen) atoms. The van der Waals surface area contributed by atoms with Crippen molar-refractivity contribution in [3.63, 3.8) is 0 Å². The molecule has 0 saturated heterocycles. The minimum Gasteiger partial charge on any atom is -0.324 e. The molecule has 0 amide bonds. The Kier molecular flexibility index (Phi) is 1.79. The molecule has 0 spiro atoms. The fraction of sp³-hybridized carbons (Fsp3) is 0.125. The first-order chi connectivity index (χ1) is 6.27. The van der Waals surface area contributed by atoms with E-state index in [0.717, 1.165) is 11.4 Å². The average Bonchev–Trinajstić information content (AvgIpc) is 2.48. The molecule has 1 aliphatic heterocycles. The molecule has 0 fully saturated rings. The van der Waals surface area contributed by atoms with Gasteiger partial charge in [0.25, 0.3) is 0 Å². The average molecular weight is 179 g/mol. The summed E-state index contributed by atoms with van der Waals surface area (Å²) in [6.45, 7) is 1.35. The molecule has 0 bridgehead atoms. The highest BCUT2D eigenvalue weighted by atomic mass is 16.7. The summed E-state index contributed by atoms with van der Waals surface area (Å²) in [5, 5.41) is 1.29. The Morgan fingerprint density at radius 1 is 1.46 bits per heavy atom. The van der Waals surface area contributed by atoms with Crippen molar-refractivity contribution in [3.05, 3.63) is 24.3 Å². The lowest BCUT2D eigenvalue weighted by atomic mass is 10.3. The summed E-state index contributed by atoms with van der Waals surface area (Å²) >= 11 is 0. The molecule has 1 aromatic carbocycles. The first kappa shape index (κ1) is 7.88. The summed E-state index contributed by atoms with van der Waals surface area (Å²) in [5.41, 5.74) is 7.22. The number of carbonyl (C=O) groups is 1. The van der Waals surface area contributed by atoms with Crippen molar-refractivity contribution in [2.75, 3.05) is 10.6 Å². The molecule has 2 N–H and O–H groups in total. The number of hydrogen-bond acceptors (Lipinski definition) is 5. The Balaban J connectivity index is 2.23. The third-order valence-electron chi connectivity index (χ3n) is 1.63. The van der Waals surface area contributed by atoms with Gasteiger partial charge in [-0.25, -0.2) is 4.79 Å². The van der Waals surface area contributed by atoms with Gasteiger partial charge in [-0.3, -0.25) is 5.43 Å². The van der Waals surface area contributed by atoms with E-state index in [1.807, 2.05) is 24.3 Å². The van der Waals surface area contributed by atoms with Crippen LogP contribution in [-0.4, -0.2) is 5.97 Å². The molecule has 0 radical (unpaired) electrons. The van der Waals surface area contributed by atoms with Gasteiger partial charge in [-0.1, -0.05) is 12.1 Å². The number of fused-ring (bicyclic) bond motifs is 1. The van der Waals surface area contributed by atoms with Crippen molar-refractivity contribution in [2.45, 2.75) is 6.92 Å². The Hall–Kier alpha value is -1.75. The molecule has 68 valence electrons. The largest absolute Gasteiger partial charge is 0.331 e. The van der Waals surface area contributed by atoms with Crippen LogP contribution in [0, 0.1) is 0 Å². The van der Waals surface area contributed by atoms with Crippen LogP contribution in [0.5, 0.6) is 0 Å². The smallest absolute Gasteiger partial charge is 0.324 e. The van der Waals surface area contributed by atoms with Crippen LogP contribution >= 0.6 is 0 Å². The molecule has 5 heteroatoms. The van der Waals surface area contributed by atoms with Gasteiger partial charge in [-0.2, -0.15) is 0 Å². The zero-order chi connectivity index (χ0) is 9.26. The topological polar surface area (TPSA) is 53.6 Å². The van der Waals surface area contributed by atoms with E-state index in [1.165, 1.54) is 12.1 Å². The van der Waals surface area contributed by atoms with E-state index in [9.17, 15) is 4.79 Å². The van der Waals surface area contributed by atoms with Crippen LogP contribution in [0.1, 0.15) is 6.92 Å². The summed E-state index contributed by atoms with van der Waals surface area (Å²) < 4.78 is 0. The number of rotatable bonds is 1. The highest BCUT2D eigenvalue weighted by Gasteiger charge is 2.19. The molecular formula is C8H9N3O2. The first-order valence-electron chi connectivity index (χ1n) is 3.87. The van der Waals surface area contributed by atoms with Crippen LogP contribution in [0.2, 0.25) is 0 Å². The van der Waals surface area contributed by atoms with Gasteiger partial charge in [0.15, 0.2) is 0 Å². The van der Waals surface area contributed by atoms with Crippen molar-refractivity contribution < 1.29 is 9.63 Å². The second-order valence-corrected chi connectivity index (χ2v) is 2.63. The summed E-state index contributed by atoms with van der Waals surface area (Å²) in [6.07, 6.45) is 0. The quantitative estimate of drug-likeness (QED) is 0.668. The third-order valence-corrected chi connectivity index (χ3v) is 1.63. The lowest BCUT2D eigenvalue weighted by Gasteiger charge is -2.14. The zero-order valence-electron chi connectivity index (χ0n) is 7.07. The summed E-state index contributed by atoms with van der Waals surface area (Å²) in [5.74, 6) is -0.369. The fourth-order valence-corrected chi connectivity index (χ4v) is 1.13. The van der Waals surface area contributed by atoms with Crippen molar-refractivity contribution in [1.82, 2.24) is 5.53 Å². The second kappa shape index (κ2) is 2.95. The van der Waals surface area contributed by atoms with Crippen LogP contribution < -0.4 is 16.1 Å². The molecular weight excluding hydrogens is 170 g/mol. The standard InChI is InChI=1S/C8H9N3O2/c1-6(12)13-11-8-5-3-2-4-7(8)9-10-11/h2-5,9-10H,1H3. The first-order valence-corrected chi connectivity index (χ1v) is 3.87. The minimum absolute atomic E-state index is 0.369. The number of nitrogens with one attached hydrogen (secondary N) is 2. The van der Waals surface area contributed by atoms with Crippen molar-refractivity contribution >= 4 is 17.3 Å². The number of benzene rings is 1. The van der Waals surface area contributed by atoms with Crippen LogP contribution in [0.4, 0.5) is 11.4 Å². The van der Waals surface area contributed by atoms with Crippen molar-refractivity contribution in [2.24, 2.45) is 0 Å². The number of hydrogen-bond donors (Lipinski definition) is 2. The molecule has 2 rings (SSSR count). The number of anilines is 2. The van der Waals surface area contributed by atoms with Crippen LogP contribution in [0.15, 0.2) is 24.3 Å². The minimum atomic E-state index is -0.369.